The van der Waals surface area contributed by atoms with Gasteiger partial charge in [-0.05, 0) is 31.0 Å². The van der Waals surface area contributed by atoms with Crippen molar-refractivity contribution in [2.24, 2.45) is 0 Å². The predicted octanol–water partition coefficient (Wildman–Crippen LogP) is 5.92. The third kappa shape index (κ3) is 7.67. The Kier molecular flexibility index (Phi) is 10.5. The Hall–Kier alpha value is -0.610. The fourth-order valence-electron chi connectivity index (χ4n) is 2.10. The minimum Gasteiger partial charge on any atom is -0.346 e. The Bertz CT molecular complexity index is 465. The van der Waals surface area contributed by atoms with Crippen LogP contribution in [0.2, 0.25) is 10.0 Å². The van der Waals surface area contributed by atoms with Crippen LogP contribution < -0.4 is 0 Å². The molecule has 3 nitrogen and oxygen atoms in total. The van der Waals surface area contributed by atoms with E-state index in [2.05, 4.69) is 13.8 Å². The number of ketones is 1. The molecule has 0 bridgehead atoms. The van der Waals surface area contributed by atoms with E-state index in [-0.39, 0.29) is 5.78 Å². The van der Waals surface area contributed by atoms with Crippen molar-refractivity contribution < 1.29 is 14.3 Å². The number of carbonyl (C=O) groups excluding carboxylic acids is 1. The van der Waals surface area contributed by atoms with Gasteiger partial charge in [0.15, 0.2) is 0 Å². The van der Waals surface area contributed by atoms with Gasteiger partial charge in [0.05, 0.1) is 18.2 Å². The van der Waals surface area contributed by atoms with Crippen LogP contribution in [0.5, 0.6) is 0 Å². The van der Waals surface area contributed by atoms with Gasteiger partial charge in [-0.2, -0.15) is 0 Å². The maximum absolute atomic E-state index is 12.6. The number of halogens is 2. The maximum atomic E-state index is 12.6. The number of hydrogen-bond donors (Lipinski definition) is 0. The Morgan fingerprint density at radius 3 is 2.04 bits per heavy atom. The van der Waals surface area contributed by atoms with E-state index in [0.717, 1.165) is 38.5 Å². The van der Waals surface area contributed by atoms with Crippen LogP contribution in [0.3, 0.4) is 0 Å². The van der Waals surface area contributed by atoms with Crippen molar-refractivity contribution in [3.05, 3.63) is 33.8 Å². The smallest absolute Gasteiger partial charge is 0.222 e. The van der Waals surface area contributed by atoms with Crippen molar-refractivity contribution in [1.82, 2.24) is 0 Å². The van der Waals surface area contributed by atoms with Gasteiger partial charge in [0.25, 0.3) is 0 Å². The minimum absolute atomic E-state index is 0.250. The zero-order valence-corrected chi connectivity index (χ0v) is 15.5. The second kappa shape index (κ2) is 11.9. The average molecular weight is 361 g/mol. The fraction of sp³-hybridized carbons (Fsp3) is 0.611. The van der Waals surface area contributed by atoms with Crippen molar-refractivity contribution in [2.75, 3.05) is 13.2 Å². The van der Waals surface area contributed by atoms with Crippen molar-refractivity contribution in [2.45, 2.75) is 58.7 Å². The molecule has 0 aliphatic heterocycles. The molecule has 0 fully saturated rings. The quantitative estimate of drug-likeness (QED) is 0.263. The van der Waals surface area contributed by atoms with E-state index in [1.807, 2.05) is 0 Å². The van der Waals surface area contributed by atoms with Gasteiger partial charge in [-0.3, -0.25) is 4.79 Å². The van der Waals surface area contributed by atoms with E-state index in [0.29, 0.717) is 28.8 Å². The number of carbonyl (C=O) groups is 1. The summed E-state index contributed by atoms with van der Waals surface area (Å²) in [6, 6.07) is 4.82. The standard InChI is InChI=1S/C18H26Cl2O3/c1-3-5-7-11-22-18(23-12-8-6-4-2)17(21)15-10-9-14(19)13-16(15)20/h9-10,13,18H,3-8,11-12H2,1-2H3. The minimum atomic E-state index is -0.901. The van der Waals surface area contributed by atoms with Crippen LogP contribution in [0.1, 0.15) is 62.7 Å². The molecule has 1 aromatic rings. The van der Waals surface area contributed by atoms with Crippen molar-refractivity contribution >= 4 is 29.0 Å². The number of Topliss-reactive ketones (excluding diaryl/α,β-unsaturated/α-hetero) is 1. The first-order valence-electron chi connectivity index (χ1n) is 8.32. The average Bonchev–Trinajstić information content (AvgIpc) is 2.53. The molecule has 0 amide bonds. The lowest BCUT2D eigenvalue weighted by Crippen LogP contribution is -2.29. The summed E-state index contributed by atoms with van der Waals surface area (Å²) in [6.45, 7) is 5.25. The highest BCUT2D eigenvalue weighted by molar-refractivity contribution is 6.36. The largest absolute Gasteiger partial charge is 0.346 e. The molecule has 0 N–H and O–H groups in total. The summed E-state index contributed by atoms with van der Waals surface area (Å²) in [5, 5.41) is 0.817. The van der Waals surface area contributed by atoms with Crippen LogP contribution in [0.4, 0.5) is 0 Å². The Balaban J connectivity index is 2.69. The van der Waals surface area contributed by atoms with E-state index >= 15 is 0 Å². The zero-order chi connectivity index (χ0) is 17.1. The second-order valence-electron chi connectivity index (χ2n) is 5.48. The zero-order valence-electron chi connectivity index (χ0n) is 13.9. The Morgan fingerprint density at radius 1 is 1.00 bits per heavy atom. The molecule has 0 radical (unpaired) electrons. The number of benzene rings is 1. The molecule has 0 spiro atoms. The summed E-state index contributed by atoms with van der Waals surface area (Å²) in [6.07, 6.45) is 5.25. The van der Waals surface area contributed by atoms with E-state index in [1.165, 1.54) is 0 Å². The first-order chi connectivity index (χ1) is 11.1. The lowest BCUT2D eigenvalue weighted by atomic mass is 10.1. The van der Waals surface area contributed by atoms with Crippen LogP contribution in [0.25, 0.3) is 0 Å². The SMILES string of the molecule is CCCCCOC(OCCCCC)C(=O)c1ccc(Cl)cc1Cl. The molecule has 0 aliphatic carbocycles. The van der Waals surface area contributed by atoms with Crippen LogP contribution >= 0.6 is 23.2 Å². The topological polar surface area (TPSA) is 35.5 Å². The van der Waals surface area contributed by atoms with Crippen LogP contribution in [0, 0.1) is 0 Å². The molecule has 0 saturated heterocycles. The molecule has 130 valence electrons. The lowest BCUT2D eigenvalue weighted by Gasteiger charge is -2.18. The summed E-state index contributed by atoms with van der Waals surface area (Å²) in [5.74, 6) is -0.250. The van der Waals surface area contributed by atoms with E-state index in [1.54, 1.807) is 18.2 Å². The molecule has 1 aromatic carbocycles. The van der Waals surface area contributed by atoms with Gasteiger partial charge in [-0.1, -0.05) is 62.7 Å². The van der Waals surface area contributed by atoms with Gasteiger partial charge in [0.2, 0.25) is 12.1 Å². The van der Waals surface area contributed by atoms with Crippen molar-refractivity contribution in [3.63, 3.8) is 0 Å². The van der Waals surface area contributed by atoms with Crippen LogP contribution in [0.15, 0.2) is 18.2 Å². The number of hydrogen-bond acceptors (Lipinski definition) is 3. The van der Waals surface area contributed by atoms with Crippen molar-refractivity contribution in [3.8, 4) is 0 Å². The summed E-state index contributed by atoms with van der Waals surface area (Å²) in [7, 11) is 0. The van der Waals surface area contributed by atoms with Gasteiger partial charge in [0.1, 0.15) is 0 Å². The highest BCUT2D eigenvalue weighted by Crippen LogP contribution is 2.23. The molecule has 0 aliphatic rings. The van der Waals surface area contributed by atoms with Gasteiger partial charge < -0.3 is 9.47 Å². The Morgan fingerprint density at radius 2 is 1.57 bits per heavy atom. The monoisotopic (exact) mass is 360 g/mol. The van der Waals surface area contributed by atoms with Gasteiger partial charge in [0, 0.05) is 10.6 Å². The highest BCUT2D eigenvalue weighted by Gasteiger charge is 2.23. The third-order valence-electron chi connectivity index (χ3n) is 3.44. The van der Waals surface area contributed by atoms with E-state index in [9.17, 15) is 4.79 Å². The molecule has 5 heteroatoms. The first kappa shape index (κ1) is 20.4. The molecule has 23 heavy (non-hydrogen) atoms. The number of ether oxygens (including phenoxy) is 2. The highest BCUT2D eigenvalue weighted by atomic mass is 35.5. The molecule has 0 atom stereocenters. The molecule has 0 aromatic heterocycles. The normalized spacial score (nSPS) is 11.2. The number of rotatable bonds is 12. The summed E-state index contributed by atoms with van der Waals surface area (Å²) < 4.78 is 11.3. The number of unbranched alkanes of at least 4 members (excludes halogenated alkanes) is 4. The van der Waals surface area contributed by atoms with Gasteiger partial charge >= 0.3 is 0 Å². The predicted molar refractivity (Wildman–Crippen MR) is 95.5 cm³/mol. The molecule has 0 saturated carbocycles. The molecule has 0 heterocycles. The van der Waals surface area contributed by atoms with Crippen molar-refractivity contribution in [1.29, 1.82) is 0 Å². The fourth-order valence-corrected chi connectivity index (χ4v) is 2.60. The van der Waals surface area contributed by atoms with Gasteiger partial charge in [-0.15, -0.1) is 0 Å². The van der Waals surface area contributed by atoms with Crippen LogP contribution in [-0.4, -0.2) is 25.3 Å². The molecular weight excluding hydrogens is 335 g/mol. The molecule has 1 rings (SSSR count). The van der Waals surface area contributed by atoms with Crippen LogP contribution in [-0.2, 0) is 9.47 Å². The van der Waals surface area contributed by atoms with E-state index < -0.39 is 6.29 Å². The third-order valence-corrected chi connectivity index (χ3v) is 3.99. The Labute approximate surface area is 149 Å². The second-order valence-corrected chi connectivity index (χ2v) is 6.32. The summed E-state index contributed by atoms with van der Waals surface area (Å²) >= 11 is 12.0. The molecule has 0 unspecified atom stereocenters. The lowest BCUT2D eigenvalue weighted by molar-refractivity contribution is -0.115. The first-order valence-corrected chi connectivity index (χ1v) is 9.08. The van der Waals surface area contributed by atoms with Gasteiger partial charge in [-0.25, -0.2) is 0 Å². The maximum Gasteiger partial charge on any atom is 0.222 e. The van der Waals surface area contributed by atoms with E-state index in [4.69, 9.17) is 32.7 Å². The molecular formula is C18H26Cl2O3. The summed E-state index contributed by atoms with van der Waals surface area (Å²) in [5.41, 5.74) is 0.382. The summed E-state index contributed by atoms with van der Waals surface area (Å²) in [4.78, 5) is 12.6.